The second-order valence-electron chi connectivity index (χ2n) is 7.81. The molecule has 0 radical (unpaired) electrons. The Hall–Kier alpha value is -3.61. The van der Waals surface area contributed by atoms with Crippen molar-refractivity contribution < 1.29 is 14.7 Å². The molecule has 0 aliphatic heterocycles. The van der Waals surface area contributed by atoms with E-state index in [9.17, 15) is 14.7 Å². The molecule has 1 aromatic heterocycles. The van der Waals surface area contributed by atoms with Crippen molar-refractivity contribution in [2.75, 3.05) is 23.8 Å². The van der Waals surface area contributed by atoms with Crippen molar-refractivity contribution in [2.45, 2.75) is 27.2 Å². The normalized spacial score (nSPS) is 10.7. The first-order valence-electron chi connectivity index (χ1n) is 10.1. The number of aromatic nitrogens is 2. The molecule has 1 heterocycles. The van der Waals surface area contributed by atoms with Crippen LogP contribution in [0.1, 0.15) is 43.2 Å². The van der Waals surface area contributed by atoms with Crippen molar-refractivity contribution in [3.05, 3.63) is 76.1 Å². The van der Waals surface area contributed by atoms with Crippen molar-refractivity contribution in [3.63, 3.8) is 0 Å². The van der Waals surface area contributed by atoms with Crippen LogP contribution in [0.3, 0.4) is 0 Å². The number of carboxylic acids is 1. The third-order valence-corrected chi connectivity index (χ3v) is 5.54. The molecule has 0 fully saturated rings. The molecule has 162 valence electrons. The summed E-state index contributed by atoms with van der Waals surface area (Å²) in [5, 5.41) is 16.8. The smallest absolute Gasteiger partial charge is 0.335 e. The lowest BCUT2D eigenvalue weighted by atomic mass is 10.1. The van der Waals surface area contributed by atoms with Crippen LogP contribution < -0.4 is 10.2 Å². The van der Waals surface area contributed by atoms with E-state index in [1.54, 1.807) is 24.3 Å². The van der Waals surface area contributed by atoms with Gasteiger partial charge in [0.1, 0.15) is 0 Å². The molecule has 3 rings (SSSR count). The third-order valence-electron chi connectivity index (χ3n) is 5.54. The summed E-state index contributed by atoms with van der Waals surface area (Å²) in [5.41, 5.74) is 6.17. The number of aromatic carboxylic acids is 1. The summed E-state index contributed by atoms with van der Waals surface area (Å²) >= 11 is 0. The van der Waals surface area contributed by atoms with E-state index in [2.05, 4.69) is 10.4 Å². The van der Waals surface area contributed by atoms with Crippen molar-refractivity contribution in [1.82, 2.24) is 9.78 Å². The van der Waals surface area contributed by atoms with Crippen LogP contribution in [-0.4, -0.2) is 40.4 Å². The van der Waals surface area contributed by atoms with E-state index in [-0.39, 0.29) is 11.5 Å². The molecular formula is C24H28N4O3. The molecule has 2 N–H and O–H groups in total. The van der Waals surface area contributed by atoms with E-state index in [0.717, 1.165) is 29.1 Å². The summed E-state index contributed by atoms with van der Waals surface area (Å²) in [7, 11) is 3.86. The number of hydrogen-bond donors (Lipinski definition) is 2. The Morgan fingerprint density at radius 2 is 1.84 bits per heavy atom. The van der Waals surface area contributed by atoms with Gasteiger partial charge in [-0.2, -0.15) is 5.10 Å². The van der Waals surface area contributed by atoms with Crippen LogP contribution in [-0.2, 0) is 13.5 Å². The average Bonchev–Trinajstić information content (AvgIpc) is 2.97. The van der Waals surface area contributed by atoms with E-state index >= 15 is 0 Å². The molecule has 7 nitrogen and oxygen atoms in total. The zero-order valence-electron chi connectivity index (χ0n) is 18.6. The highest BCUT2D eigenvalue weighted by Crippen LogP contribution is 2.28. The van der Waals surface area contributed by atoms with Crippen molar-refractivity contribution in [1.29, 1.82) is 0 Å². The van der Waals surface area contributed by atoms with Crippen LogP contribution in [0.5, 0.6) is 0 Å². The average molecular weight is 421 g/mol. The predicted molar refractivity (Wildman–Crippen MR) is 122 cm³/mol. The maximum Gasteiger partial charge on any atom is 0.335 e. The summed E-state index contributed by atoms with van der Waals surface area (Å²) in [5.74, 6) is -1.32. The number of aryl methyl sites for hydroxylation is 3. The first-order chi connectivity index (χ1) is 14.7. The van der Waals surface area contributed by atoms with Crippen LogP contribution in [0, 0.1) is 20.8 Å². The molecule has 7 heteroatoms. The van der Waals surface area contributed by atoms with Crippen LogP contribution >= 0.6 is 0 Å². The van der Waals surface area contributed by atoms with Gasteiger partial charge in [0.05, 0.1) is 22.6 Å². The number of amides is 1. The van der Waals surface area contributed by atoms with Gasteiger partial charge in [-0.05, 0) is 63.1 Å². The molecule has 0 spiro atoms. The lowest BCUT2D eigenvalue weighted by Crippen LogP contribution is -2.23. The van der Waals surface area contributed by atoms with Gasteiger partial charge in [-0.15, -0.1) is 0 Å². The number of benzene rings is 2. The molecule has 0 saturated heterocycles. The number of anilines is 2. The maximum atomic E-state index is 12.8. The lowest BCUT2D eigenvalue weighted by molar-refractivity contribution is 0.0696. The minimum atomic E-state index is -1.04. The standard InChI is InChI=1S/C24H28N4O3/c1-15-7-6-8-18(13-15)23(29)25-21-14-19(24(30)31)9-10-22(21)27(4)12-11-20-16(2)26-28(5)17(20)3/h6-10,13-14H,11-12H2,1-5H3,(H,25,29)(H,30,31). The Bertz CT molecular complexity index is 1130. The molecule has 0 aliphatic carbocycles. The van der Waals surface area contributed by atoms with E-state index in [4.69, 9.17) is 0 Å². The zero-order chi connectivity index (χ0) is 22.7. The van der Waals surface area contributed by atoms with E-state index in [0.29, 0.717) is 17.8 Å². The van der Waals surface area contributed by atoms with Gasteiger partial charge in [0.25, 0.3) is 5.91 Å². The number of rotatable bonds is 7. The predicted octanol–water partition coefficient (Wildman–Crippen LogP) is 3.97. The summed E-state index contributed by atoms with van der Waals surface area (Å²) in [6, 6.07) is 12.1. The Morgan fingerprint density at radius 1 is 1.10 bits per heavy atom. The Labute approximate surface area is 182 Å². The fourth-order valence-corrected chi connectivity index (χ4v) is 3.66. The van der Waals surface area contributed by atoms with Crippen LogP contribution in [0.25, 0.3) is 0 Å². The SMILES string of the molecule is Cc1cccc(C(=O)Nc2cc(C(=O)O)ccc2N(C)CCc2c(C)nn(C)c2C)c1. The summed E-state index contributed by atoms with van der Waals surface area (Å²) in [4.78, 5) is 26.3. The number of carbonyl (C=O) groups is 2. The molecule has 1 amide bonds. The van der Waals surface area contributed by atoms with E-state index in [1.807, 2.05) is 56.6 Å². The Morgan fingerprint density at radius 3 is 2.45 bits per heavy atom. The molecule has 3 aromatic rings. The molecule has 0 saturated carbocycles. The lowest BCUT2D eigenvalue weighted by Gasteiger charge is -2.23. The van der Waals surface area contributed by atoms with E-state index in [1.165, 1.54) is 11.6 Å². The second kappa shape index (κ2) is 9.04. The highest BCUT2D eigenvalue weighted by molar-refractivity contribution is 6.06. The fraction of sp³-hybridized carbons (Fsp3) is 0.292. The molecule has 31 heavy (non-hydrogen) atoms. The van der Waals surface area contributed by atoms with Gasteiger partial charge in [0.15, 0.2) is 0 Å². The molecule has 0 atom stereocenters. The highest BCUT2D eigenvalue weighted by atomic mass is 16.4. The number of hydrogen-bond acceptors (Lipinski definition) is 4. The van der Waals surface area contributed by atoms with Gasteiger partial charge in [-0.25, -0.2) is 4.79 Å². The minimum absolute atomic E-state index is 0.121. The molecule has 0 unspecified atom stereocenters. The first kappa shape index (κ1) is 22.1. The van der Waals surface area contributed by atoms with Gasteiger partial charge in [0.2, 0.25) is 0 Å². The quantitative estimate of drug-likeness (QED) is 0.604. The number of carboxylic acid groups (broad SMARTS) is 1. The maximum absolute atomic E-state index is 12.8. The second-order valence-corrected chi connectivity index (χ2v) is 7.81. The fourth-order valence-electron chi connectivity index (χ4n) is 3.66. The number of nitrogens with one attached hydrogen (secondary N) is 1. The monoisotopic (exact) mass is 420 g/mol. The topological polar surface area (TPSA) is 87.5 Å². The van der Waals surface area contributed by atoms with Gasteiger partial charge in [0, 0.05) is 31.9 Å². The van der Waals surface area contributed by atoms with Gasteiger partial charge < -0.3 is 15.3 Å². The Kier molecular flexibility index (Phi) is 6.44. The van der Waals surface area contributed by atoms with Crippen LogP contribution in [0.4, 0.5) is 11.4 Å². The zero-order valence-corrected chi connectivity index (χ0v) is 18.6. The molecular weight excluding hydrogens is 392 g/mol. The van der Waals surface area contributed by atoms with E-state index < -0.39 is 5.97 Å². The highest BCUT2D eigenvalue weighted by Gasteiger charge is 2.16. The van der Waals surface area contributed by atoms with Crippen molar-refractivity contribution in [3.8, 4) is 0 Å². The molecule has 0 bridgehead atoms. The molecule has 2 aromatic carbocycles. The van der Waals surface area contributed by atoms with Crippen molar-refractivity contribution >= 4 is 23.3 Å². The summed E-state index contributed by atoms with van der Waals surface area (Å²) in [6.45, 7) is 6.65. The number of nitrogens with zero attached hydrogens (tertiary/aromatic N) is 3. The summed E-state index contributed by atoms with van der Waals surface area (Å²) in [6.07, 6.45) is 0.786. The number of carbonyl (C=O) groups excluding carboxylic acids is 1. The van der Waals surface area contributed by atoms with Gasteiger partial charge in [-0.3, -0.25) is 9.48 Å². The van der Waals surface area contributed by atoms with Crippen molar-refractivity contribution in [2.24, 2.45) is 7.05 Å². The first-order valence-corrected chi connectivity index (χ1v) is 10.1. The summed E-state index contributed by atoms with van der Waals surface area (Å²) < 4.78 is 1.87. The minimum Gasteiger partial charge on any atom is -0.478 e. The van der Waals surface area contributed by atoms with Gasteiger partial charge >= 0.3 is 5.97 Å². The largest absolute Gasteiger partial charge is 0.478 e. The Balaban J connectivity index is 1.86. The van der Waals surface area contributed by atoms with Gasteiger partial charge in [-0.1, -0.05) is 17.7 Å². The van der Waals surface area contributed by atoms with Crippen LogP contribution in [0.15, 0.2) is 42.5 Å². The third kappa shape index (κ3) is 4.94. The molecule has 0 aliphatic rings. The number of likely N-dealkylation sites (N-methyl/N-ethyl adjacent to an activating group) is 1. The van der Waals surface area contributed by atoms with Crippen LogP contribution in [0.2, 0.25) is 0 Å².